The van der Waals surface area contributed by atoms with Crippen LogP contribution in [0.2, 0.25) is 0 Å². The molecule has 0 radical (unpaired) electrons. The Labute approximate surface area is 136 Å². The fourth-order valence-electron chi connectivity index (χ4n) is 2.80. The highest BCUT2D eigenvalue weighted by molar-refractivity contribution is 7.20. The monoisotopic (exact) mass is 328 g/mol. The van der Waals surface area contributed by atoms with Crippen LogP contribution in [0.5, 0.6) is 0 Å². The maximum Gasteiger partial charge on any atom is 0.275 e. The van der Waals surface area contributed by atoms with Crippen LogP contribution < -0.4 is 10.9 Å². The van der Waals surface area contributed by atoms with Gasteiger partial charge in [-0.25, -0.2) is 4.98 Å². The summed E-state index contributed by atoms with van der Waals surface area (Å²) in [6, 6.07) is 11.9. The molecule has 23 heavy (non-hydrogen) atoms. The Morgan fingerprint density at radius 3 is 2.96 bits per heavy atom. The van der Waals surface area contributed by atoms with Crippen LogP contribution in [0.15, 0.2) is 47.4 Å². The molecule has 0 bridgehead atoms. The lowest BCUT2D eigenvalue weighted by Gasteiger charge is -2.30. The summed E-state index contributed by atoms with van der Waals surface area (Å²) in [6.45, 7) is 0.709. The van der Waals surface area contributed by atoms with Gasteiger partial charge in [0.05, 0.1) is 6.10 Å². The van der Waals surface area contributed by atoms with E-state index in [0.717, 1.165) is 18.0 Å². The SMILES string of the molecule is O=c1ccnc2sc(NC3CCOC(c4ccccc4)C3)nn12. The van der Waals surface area contributed by atoms with Gasteiger partial charge in [0.2, 0.25) is 10.1 Å². The number of rotatable bonds is 3. The number of nitrogens with one attached hydrogen (secondary N) is 1. The van der Waals surface area contributed by atoms with E-state index in [4.69, 9.17) is 4.74 Å². The molecule has 0 saturated carbocycles. The van der Waals surface area contributed by atoms with Gasteiger partial charge in [0.15, 0.2) is 0 Å². The summed E-state index contributed by atoms with van der Waals surface area (Å²) in [7, 11) is 0. The van der Waals surface area contributed by atoms with Gasteiger partial charge in [-0.05, 0) is 18.4 Å². The maximum atomic E-state index is 11.7. The first-order valence-electron chi connectivity index (χ1n) is 7.57. The fraction of sp³-hybridized carbons (Fsp3) is 0.312. The van der Waals surface area contributed by atoms with Gasteiger partial charge in [-0.15, -0.1) is 5.10 Å². The standard InChI is InChI=1S/C16H16N4O2S/c21-14-6-8-17-16-20(14)19-15(23-16)18-12-7-9-22-13(10-12)11-4-2-1-3-5-11/h1-6,8,12-13H,7,9-10H2,(H,18,19). The van der Waals surface area contributed by atoms with E-state index in [1.54, 1.807) is 0 Å². The number of fused-ring (bicyclic) bond motifs is 1. The predicted octanol–water partition coefficient (Wildman–Crippen LogP) is 2.48. The normalized spacial score (nSPS) is 21.4. The number of ether oxygens (including phenoxy) is 1. The first-order valence-corrected chi connectivity index (χ1v) is 8.39. The predicted molar refractivity (Wildman–Crippen MR) is 88.9 cm³/mol. The Kier molecular flexibility index (Phi) is 3.80. The molecule has 7 heteroatoms. The molecule has 1 aliphatic heterocycles. The minimum atomic E-state index is -0.159. The van der Waals surface area contributed by atoms with Gasteiger partial charge in [-0.3, -0.25) is 4.79 Å². The Morgan fingerprint density at radius 2 is 2.13 bits per heavy atom. The van der Waals surface area contributed by atoms with Gasteiger partial charge in [0, 0.05) is 24.9 Å². The molecule has 1 fully saturated rings. The van der Waals surface area contributed by atoms with E-state index in [2.05, 4.69) is 27.5 Å². The van der Waals surface area contributed by atoms with Crippen molar-refractivity contribution in [2.45, 2.75) is 25.0 Å². The first kappa shape index (κ1) is 14.3. The summed E-state index contributed by atoms with van der Waals surface area (Å²) in [5.74, 6) is 0. The molecule has 0 aliphatic carbocycles. The van der Waals surface area contributed by atoms with Crippen molar-refractivity contribution in [3.8, 4) is 0 Å². The molecule has 0 amide bonds. The van der Waals surface area contributed by atoms with Gasteiger partial charge in [-0.1, -0.05) is 41.7 Å². The van der Waals surface area contributed by atoms with Gasteiger partial charge >= 0.3 is 0 Å². The molecule has 4 rings (SSSR count). The lowest BCUT2D eigenvalue weighted by molar-refractivity contribution is 0.00978. The van der Waals surface area contributed by atoms with Crippen LogP contribution in [0.3, 0.4) is 0 Å². The highest BCUT2D eigenvalue weighted by atomic mass is 32.1. The zero-order chi connectivity index (χ0) is 15.6. The van der Waals surface area contributed by atoms with Gasteiger partial charge in [0.25, 0.3) is 5.56 Å². The topological polar surface area (TPSA) is 68.5 Å². The van der Waals surface area contributed by atoms with Crippen LogP contribution in [0.25, 0.3) is 4.96 Å². The van der Waals surface area contributed by atoms with E-state index in [1.807, 2.05) is 18.2 Å². The number of anilines is 1. The second-order valence-corrected chi connectivity index (χ2v) is 6.48. The minimum Gasteiger partial charge on any atom is -0.373 e. The molecule has 6 nitrogen and oxygen atoms in total. The maximum absolute atomic E-state index is 11.7. The van der Waals surface area contributed by atoms with E-state index in [-0.39, 0.29) is 17.7 Å². The van der Waals surface area contributed by atoms with Crippen LogP contribution in [0.4, 0.5) is 5.13 Å². The summed E-state index contributed by atoms with van der Waals surface area (Å²) < 4.78 is 7.22. The van der Waals surface area contributed by atoms with Crippen molar-refractivity contribution in [3.05, 3.63) is 58.5 Å². The number of benzene rings is 1. The molecule has 3 aromatic rings. The number of nitrogens with zero attached hydrogens (tertiary/aromatic N) is 3. The first-order chi connectivity index (χ1) is 11.3. The average Bonchev–Trinajstić information content (AvgIpc) is 3.00. The third-order valence-electron chi connectivity index (χ3n) is 3.95. The Morgan fingerprint density at radius 1 is 1.26 bits per heavy atom. The molecule has 1 saturated heterocycles. The van der Waals surface area contributed by atoms with Crippen molar-refractivity contribution in [2.24, 2.45) is 0 Å². The number of aromatic nitrogens is 3. The van der Waals surface area contributed by atoms with Crippen molar-refractivity contribution in [1.82, 2.24) is 14.6 Å². The van der Waals surface area contributed by atoms with Gasteiger partial charge in [-0.2, -0.15) is 4.52 Å². The Hall–Kier alpha value is -2.25. The van der Waals surface area contributed by atoms with Crippen molar-refractivity contribution >= 4 is 21.4 Å². The molecule has 1 aliphatic rings. The van der Waals surface area contributed by atoms with Crippen LogP contribution in [-0.2, 0) is 4.74 Å². The lowest BCUT2D eigenvalue weighted by Crippen LogP contribution is -2.30. The second kappa shape index (κ2) is 6.10. The zero-order valence-corrected chi connectivity index (χ0v) is 13.2. The molecular formula is C16H16N4O2S. The molecule has 118 valence electrons. The van der Waals surface area contributed by atoms with Crippen LogP contribution >= 0.6 is 11.3 Å². The fourth-order valence-corrected chi connectivity index (χ4v) is 3.66. The van der Waals surface area contributed by atoms with Crippen LogP contribution in [-0.4, -0.2) is 27.2 Å². The van der Waals surface area contributed by atoms with E-state index in [9.17, 15) is 4.79 Å². The smallest absolute Gasteiger partial charge is 0.275 e. The number of hydrogen-bond donors (Lipinski definition) is 1. The van der Waals surface area contributed by atoms with Gasteiger partial charge in [0.1, 0.15) is 0 Å². The van der Waals surface area contributed by atoms with E-state index < -0.39 is 0 Å². The molecule has 2 aromatic heterocycles. The Balaban J connectivity index is 1.51. The van der Waals surface area contributed by atoms with E-state index in [0.29, 0.717) is 11.6 Å². The minimum absolute atomic E-state index is 0.0951. The summed E-state index contributed by atoms with van der Waals surface area (Å²) in [5.41, 5.74) is 1.04. The number of hydrogen-bond acceptors (Lipinski definition) is 6. The summed E-state index contributed by atoms with van der Waals surface area (Å²) >= 11 is 1.39. The van der Waals surface area contributed by atoms with Gasteiger partial charge < -0.3 is 10.1 Å². The highest BCUT2D eigenvalue weighted by Crippen LogP contribution is 2.30. The summed E-state index contributed by atoms with van der Waals surface area (Å²) in [5, 5.41) is 8.46. The summed E-state index contributed by atoms with van der Waals surface area (Å²) in [6.07, 6.45) is 3.40. The van der Waals surface area contributed by atoms with Crippen molar-refractivity contribution in [2.75, 3.05) is 11.9 Å². The Bertz CT molecular complexity index is 861. The van der Waals surface area contributed by atoms with Crippen LogP contribution in [0.1, 0.15) is 24.5 Å². The largest absolute Gasteiger partial charge is 0.373 e. The molecule has 3 heterocycles. The quantitative estimate of drug-likeness (QED) is 0.800. The van der Waals surface area contributed by atoms with Crippen LogP contribution in [0, 0.1) is 0 Å². The third-order valence-corrected chi connectivity index (χ3v) is 4.81. The molecule has 1 aromatic carbocycles. The molecule has 0 spiro atoms. The molecule has 2 atom stereocenters. The second-order valence-electron chi connectivity index (χ2n) is 5.52. The molecular weight excluding hydrogens is 312 g/mol. The molecule has 2 unspecified atom stereocenters. The highest BCUT2D eigenvalue weighted by Gasteiger charge is 2.24. The van der Waals surface area contributed by atoms with Crippen molar-refractivity contribution < 1.29 is 4.74 Å². The summed E-state index contributed by atoms with van der Waals surface area (Å²) in [4.78, 5) is 16.5. The molecule has 1 N–H and O–H groups in total. The van der Waals surface area contributed by atoms with Crippen molar-refractivity contribution in [3.63, 3.8) is 0 Å². The van der Waals surface area contributed by atoms with E-state index in [1.165, 1.54) is 33.7 Å². The lowest BCUT2D eigenvalue weighted by atomic mass is 9.98. The van der Waals surface area contributed by atoms with E-state index >= 15 is 0 Å². The zero-order valence-electron chi connectivity index (χ0n) is 12.4. The average molecular weight is 328 g/mol. The van der Waals surface area contributed by atoms with Crippen molar-refractivity contribution in [1.29, 1.82) is 0 Å². The third kappa shape index (κ3) is 2.97.